The maximum atomic E-state index is 13.1. The Morgan fingerprint density at radius 2 is 1.82 bits per heavy atom. The summed E-state index contributed by atoms with van der Waals surface area (Å²) in [6.45, 7) is 6.30. The van der Waals surface area contributed by atoms with Crippen molar-refractivity contribution in [2.45, 2.75) is 51.0 Å². The van der Waals surface area contributed by atoms with Gasteiger partial charge in [-0.05, 0) is 63.4 Å². The maximum absolute atomic E-state index is 13.1. The van der Waals surface area contributed by atoms with E-state index < -0.39 is 22.1 Å². The topological polar surface area (TPSA) is 103 Å². The van der Waals surface area contributed by atoms with Crippen LogP contribution in [0.15, 0.2) is 51.8 Å². The molecule has 0 saturated carbocycles. The number of aromatic nitrogens is 2. The van der Waals surface area contributed by atoms with Gasteiger partial charge in [-0.15, -0.1) is 10.2 Å². The van der Waals surface area contributed by atoms with Crippen LogP contribution in [0, 0.1) is 13.8 Å². The molecule has 8 nitrogen and oxygen atoms in total. The molecule has 0 bridgehead atoms. The highest BCUT2D eigenvalue weighted by Gasteiger charge is 2.29. The second kappa shape index (κ2) is 9.44. The van der Waals surface area contributed by atoms with E-state index in [0.717, 1.165) is 30.4 Å². The molecule has 2 aromatic carbocycles. The molecule has 1 saturated heterocycles. The molecule has 1 fully saturated rings. The lowest BCUT2D eigenvalue weighted by molar-refractivity contribution is 0.0279. The molecule has 9 heteroatoms. The first-order chi connectivity index (χ1) is 15.8. The van der Waals surface area contributed by atoms with Crippen LogP contribution in [0.5, 0.6) is 0 Å². The van der Waals surface area contributed by atoms with E-state index in [1.165, 1.54) is 10.4 Å². The number of benzene rings is 2. The van der Waals surface area contributed by atoms with Crippen molar-refractivity contribution in [3.63, 3.8) is 0 Å². The third-order valence-electron chi connectivity index (χ3n) is 5.69. The van der Waals surface area contributed by atoms with Crippen LogP contribution < -0.4 is 0 Å². The molecule has 0 aliphatic carbocycles. The summed E-state index contributed by atoms with van der Waals surface area (Å²) >= 11 is 0. The molecule has 1 unspecified atom stereocenters. The highest BCUT2D eigenvalue weighted by atomic mass is 32.2. The Kier molecular flexibility index (Phi) is 6.62. The van der Waals surface area contributed by atoms with Crippen molar-refractivity contribution in [1.29, 1.82) is 0 Å². The first-order valence-electron chi connectivity index (χ1n) is 11.0. The number of sulfonamides is 1. The molecule has 174 valence electrons. The molecule has 1 atom stereocenters. The molecule has 0 radical (unpaired) electrons. The second-order valence-corrected chi connectivity index (χ2v) is 10.2. The van der Waals surface area contributed by atoms with E-state index in [9.17, 15) is 13.2 Å². The number of carbonyl (C=O) groups excluding carboxylic acids is 1. The molecule has 1 aromatic heterocycles. The average molecular weight is 470 g/mol. The number of hydrogen-bond acceptors (Lipinski definition) is 7. The second-order valence-electron chi connectivity index (χ2n) is 8.31. The summed E-state index contributed by atoms with van der Waals surface area (Å²) in [5, 5.41) is 8.05. The molecule has 3 aromatic rings. The Bertz CT molecular complexity index is 1260. The average Bonchev–Trinajstić information content (AvgIpc) is 3.30. The van der Waals surface area contributed by atoms with Gasteiger partial charge < -0.3 is 9.15 Å². The van der Waals surface area contributed by atoms with Crippen LogP contribution in [-0.4, -0.2) is 42.0 Å². The van der Waals surface area contributed by atoms with Crippen LogP contribution in [0.1, 0.15) is 59.7 Å². The van der Waals surface area contributed by atoms with Gasteiger partial charge in [0.2, 0.25) is 15.9 Å². The van der Waals surface area contributed by atoms with Gasteiger partial charge >= 0.3 is 5.97 Å². The van der Waals surface area contributed by atoms with Crippen LogP contribution in [0.4, 0.5) is 0 Å². The SMILES string of the molecule is Cc1cccc(-c2nnc(C(C)OC(=O)c3ccc(C)c(S(=O)(=O)N4CCCCC4)c3)o2)c1. The van der Waals surface area contributed by atoms with E-state index in [-0.39, 0.29) is 16.3 Å². The van der Waals surface area contributed by atoms with Gasteiger partial charge in [-0.2, -0.15) is 4.31 Å². The summed E-state index contributed by atoms with van der Waals surface area (Å²) in [5.41, 5.74) is 2.58. The third-order valence-corrected chi connectivity index (χ3v) is 7.73. The predicted octanol–water partition coefficient (Wildman–Crippen LogP) is 4.45. The van der Waals surface area contributed by atoms with Crippen molar-refractivity contribution in [1.82, 2.24) is 14.5 Å². The summed E-state index contributed by atoms with van der Waals surface area (Å²) in [6.07, 6.45) is 1.90. The normalized spacial score (nSPS) is 15.8. The number of carbonyl (C=O) groups is 1. The molecule has 0 N–H and O–H groups in total. The monoisotopic (exact) mass is 469 g/mol. The lowest BCUT2D eigenvalue weighted by atomic mass is 10.1. The highest BCUT2D eigenvalue weighted by Crippen LogP contribution is 2.27. The van der Waals surface area contributed by atoms with Gasteiger partial charge in [0.1, 0.15) is 0 Å². The summed E-state index contributed by atoms with van der Waals surface area (Å²) in [6, 6.07) is 12.2. The predicted molar refractivity (Wildman–Crippen MR) is 122 cm³/mol. The molecule has 1 aliphatic rings. The molecule has 4 rings (SSSR count). The quantitative estimate of drug-likeness (QED) is 0.492. The number of ether oxygens (including phenoxy) is 1. The largest absolute Gasteiger partial charge is 0.449 e. The number of piperidine rings is 1. The Labute approximate surface area is 193 Å². The number of hydrogen-bond donors (Lipinski definition) is 0. The molecule has 0 amide bonds. The molecular formula is C24H27N3O5S. The van der Waals surface area contributed by atoms with Crippen molar-refractivity contribution in [2.24, 2.45) is 0 Å². The fourth-order valence-corrected chi connectivity index (χ4v) is 5.59. The Balaban J connectivity index is 1.51. The van der Waals surface area contributed by atoms with E-state index >= 15 is 0 Å². The van der Waals surface area contributed by atoms with Crippen LogP contribution in [0.3, 0.4) is 0 Å². The summed E-state index contributed by atoms with van der Waals surface area (Å²) in [4.78, 5) is 12.9. The van der Waals surface area contributed by atoms with Crippen molar-refractivity contribution in [2.75, 3.05) is 13.1 Å². The lowest BCUT2D eigenvalue weighted by Gasteiger charge is -2.26. The first-order valence-corrected chi connectivity index (χ1v) is 12.4. The van der Waals surface area contributed by atoms with Gasteiger partial charge in [0.25, 0.3) is 5.89 Å². The van der Waals surface area contributed by atoms with Crippen molar-refractivity contribution >= 4 is 16.0 Å². The number of esters is 1. The summed E-state index contributed by atoms with van der Waals surface area (Å²) in [7, 11) is -3.68. The Morgan fingerprint density at radius 1 is 1.06 bits per heavy atom. The van der Waals surface area contributed by atoms with Gasteiger partial charge in [-0.3, -0.25) is 0 Å². The van der Waals surface area contributed by atoms with Crippen LogP contribution in [-0.2, 0) is 14.8 Å². The third kappa shape index (κ3) is 4.99. The summed E-state index contributed by atoms with van der Waals surface area (Å²) in [5.74, 6) is -0.164. The van der Waals surface area contributed by atoms with Crippen molar-refractivity contribution in [3.8, 4) is 11.5 Å². The van der Waals surface area contributed by atoms with Gasteiger partial charge in [0.15, 0.2) is 6.10 Å². The standard InChI is InChI=1S/C24H27N3O5S/c1-16-8-7-9-19(14-16)23-26-25-22(32-23)18(3)31-24(28)20-11-10-17(2)21(15-20)33(29,30)27-12-5-4-6-13-27/h7-11,14-15,18H,4-6,12-13H2,1-3H3. The van der Waals surface area contributed by atoms with Gasteiger partial charge in [-0.25, -0.2) is 13.2 Å². The van der Waals surface area contributed by atoms with E-state index in [2.05, 4.69) is 10.2 Å². The molecular weight excluding hydrogens is 442 g/mol. The minimum atomic E-state index is -3.68. The van der Waals surface area contributed by atoms with Crippen LogP contribution in [0.25, 0.3) is 11.5 Å². The van der Waals surface area contributed by atoms with E-state index in [1.807, 2.05) is 31.2 Å². The lowest BCUT2D eigenvalue weighted by Crippen LogP contribution is -2.36. The summed E-state index contributed by atoms with van der Waals surface area (Å²) < 4.78 is 38.9. The maximum Gasteiger partial charge on any atom is 0.338 e. The molecule has 0 spiro atoms. The minimum Gasteiger partial charge on any atom is -0.449 e. The molecule has 33 heavy (non-hydrogen) atoms. The highest BCUT2D eigenvalue weighted by molar-refractivity contribution is 7.89. The van der Waals surface area contributed by atoms with Gasteiger partial charge in [0.05, 0.1) is 10.5 Å². The smallest absolute Gasteiger partial charge is 0.338 e. The van der Waals surface area contributed by atoms with E-state index in [0.29, 0.717) is 24.5 Å². The molecule has 1 aliphatic heterocycles. The fourth-order valence-electron chi connectivity index (χ4n) is 3.82. The zero-order valence-corrected chi connectivity index (χ0v) is 19.8. The molecule has 2 heterocycles. The number of rotatable bonds is 6. The Morgan fingerprint density at radius 3 is 2.55 bits per heavy atom. The fraction of sp³-hybridized carbons (Fsp3) is 0.375. The minimum absolute atomic E-state index is 0.131. The van der Waals surface area contributed by atoms with Gasteiger partial charge in [0, 0.05) is 18.7 Å². The van der Waals surface area contributed by atoms with Crippen LogP contribution in [0.2, 0.25) is 0 Å². The van der Waals surface area contributed by atoms with Crippen molar-refractivity contribution in [3.05, 3.63) is 65.0 Å². The first kappa shape index (κ1) is 23.1. The number of aryl methyl sites for hydroxylation is 2. The van der Waals surface area contributed by atoms with E-state index in [1.54, 1.807) is 26.0 Å². The van der Waals surface area contributed by atoms with Gasteiger partial charge in [-0.1, -0.05) is 30.2 Å². The zero-order chi connectivity index (χ0) is 23.6. The van der Waals surface area contributed by atoms with E-state index in [4.69, 9.17) is 9.15 Å². The van der Waals surface area contributed by atoms with Crippen molar-refractivity contribution < 1.29 is 22.4 Å². The zero-order valence-electron chi connectivity index (χ0n) is 18.9. The number of nitrogens with zero attached hydrogens (tertiary/aromatic N) is 3. The Hall–Kier alpha value is -3.04. The van der Waals surface area contributed by atoms with Crippen LogP contribution >= 0.6 is 0 Å².